The standard InChI is InChI=1S/C13H14FNO4/c1-7-2-3-8(10(14)4-7)12(16)15-11-6-19-5-9(11)13(17)18/h2-4,9,11H,5-6H2,1H3,(H,15,16)(H,17,18). The summed E-state index contributed by atoms with van der Waals surface area (Å²) in [6.45, 7) is 1.89. The van der Waals surface area contributed by atoms with Crippen molar-refractivity contribution in [3.8, 4) is 0 Å². The molecule has 2 atom stereocenters. The zero-order chi connectivity index (χ0) is 14.0. The van der Waals surface area contributed by atoms with E-state index in [1.54, 1.807) is 13.0 Å². The van der Waals surface area contributed by atoms with Gasteiger partial charge >= 0.3 is 5.97 Å². The number of halogens is 1. The molecule has 1 aliphatic rings. The number of carboxylic acid groups (broad SMARTS) is 1. The Morgan fingerprint density at radius 3 is 2.79 bits per heavy atom. The molecule has 19 heavy (non-hydrogen) atoms. The molecule has 0 bridgehead atoms. The normalized spacial score (nSPS) is 22.2. The first kappa shape index (κ1) is 13.5. The fourth-order valence-corrected chi connectivity index (χ4v) is 1.99. The molecule has 1 heterocycles. The molecule has 1 fully saturated rings. The molecule has 5 nitrogen and oxygen atoms in total. The zero-order valence-corrected chi connectivity index (χ0v) is 10.4. The molecule has 0 saturated carbocycles. The van der Waals surface area contributed by atoms with Crippen LogP contribution in [0.2, 0.25) is 0 Å². The van der Waals surface area contributed by atoms with Gasteiger partial charge < -0.3 is 15.2 Å². The average molecular weight is 267 g/mol. The number of carboxylic acids is 1. The topological polar surface area (TPSA) is 75.6 Å². The molecule has 1 amide bonds. The summed E-state index contributed by atoms with van der Waals surface area (Å²) in [5.74, 6) is -3.08. The summed E-state index contributed by atoms with van der Waals surface area (Å²) in [5.41, 5.74) is 0.614. The highest BCUT2D eigenvalue weighted by Crippen LogP contribution is 2.16. The second-order valence-corrected chi connectivity index (χ2v) is 4.55. The largest absolute Gasteiger partial charge is 0.481 e. The predicted molar refractivity (Wildman–Crippen MR) is 64.3 cm³/mol. The third-order valence-corrected chi connectivity index (χ3v) is 3.08. The fourth-order valence-electron chi connectivity index (χ4n) is 1.99. The maximum Gasteiger partial charge on any atom is 0.311 e. The molecule has 0 spiro atoms. The number of amides is 1. The zero-order valence-electron chi connectivity index (χ0n) is 10.4. The highest BCUT2D eigenvalue weighted by molar-refractivity contribution is 5.95. The van der Waals surface area contributed by atoms with E-state index in [9.17, 15) is 14.0 Å². The number of hydrogen-bond acceptors (Lipinski definition) is 3. The van der Waals surface area contributed by atoms with Crippen LogP contribution in [0, 0.1) is 18.7 Å². The van der Waals surface area contributed by atoms with Gasteiger partial charge in [-0.3, -0.25) is 9.59 Å². The first-order chi connectivity index (χ1) is 8.99. The molecule has 1 aliphatic heterocycles. The molecule has 0 aliphatic carbocycles. The highest BCUT2D eigenvalue weighted by Gasteiger charge is 2.35. The molecule has 1 aromatic rings. The first-order valence-electron chi connectivity index (χ1n) is 5.86. The van der Waals surface area contributed by atoms with Gasteiger partial charge in [0.05, 0.1) is 24.8 Å². The number of aryl methyl sites for hydroxylation is 1. The molecule has 6 heteroatoms. The Morgan fingerprint density at radius 1 is 1.42 bits per heavy atom. The monoisotopic (exact) mass is 267 g/mol. The van der Waals surface area contributed by atoms with Crippen LogP contribution in [-0.2, 0) is 9.53 Å². The minimum atomic E-state index is -1.04. The molecular formula is C13H14FNO4. The van der Waals surface area contributed by atoms with Crippen LogP contribution in [0.15, 0.2) is 18.2 Å². The van der Waals surface area contributed by atoms with Crippen molar-refractivity contribution in [2.24, 2.45) is 5.92 Å². The van der Waals surface area contributed by atoms with E-state index in [4.69, 9.17) is 9.84 Å². The summed E-state index contributed by atoms with van der Waals surface area (Å²) in [7, 11) is 0. The molecule has 102 valence electrons. The number of benzene rings is 1. The van der Waals surface area contributed by atoms with Crippen molar-refractivity contribution in [1.82, 2.24) is 5.32 Å². The minimum Gasteiger partial charge on any atom is -0.481 e. The molecule has 2 N–H and O–H groups in total. The van der Waals surface area contributed by atoms with Crippen molar-refractivity contribution >= 4 is 11.9 Å². The van der Waals surface area contributed by atoms with E-state index < -0.39 is 29.7 Å². The van der Waals surface area contributed by atoms with Gasteiger partial charge in [0.25, 0.3) is 5.91 Å². The van der Waals surface area contributed by atoms with E-state index in [-0.39, 0.29) is 18.8 Å². The van der Waals surface area contributed by atoms with Gasteiger partial charge in [0.2, 0.25) is 0 Å². The molecule has 0 radical (unpaired) electrons. The Bertz CT molecular complexity index is 517. The molecule has 2 unspecified atom stereocenters. The highest BCUT2D eigenvalue weighted by atomic mass is 19.1. The number of nitrogens with one attached hydrogen (secondary N) is 1. The van der Waals surface area contributed by atoms with Crippen LogP contribution in [0.3, 0.4) is 0 Å². The van der Waals surface area contributed by atoms with Gasteiger partial charge in [-0.25, -0.2) is 4.39 Å². The molecule has 1 aromatic carbocycles. The number of carbonyl (C=O) groups is 2. The van der Waals surface area contributed by atoms with Gasteiger partial charge in [0.15, 0.2) is 0 Å². The van der Waals surface area contributed by atoms with Gasteiger partial charge in [0, 0.05) is 0 Å². The lowest BCUT2D eigenvalue weighted by Gasteiger charge is -2.16. The Balaban J connectivity index is 2.10. The molecule has 0 aromatic heterocycles. The summed E-state index contributed by atoms with van der Waals surface area (Å²) >= 11 is 0. The molecular weight excluding hydrogens is 253 g/mol. The maximum absolute atomic E-state index is 13.6. The van der Waals surface area contributed by atoms with E-state index >= 15 is 0 Å². The SMILES string of the molecule is Cc1ccc(C(=O)NC2COCC2C(=O)O)c(F)c1. The van der Waals surface area contributed by atoms with Crippen LogP contribution >= 0.6 is 0 Å². The van der Waals surface area contributed by atoms with Crippen molar-refractivity contribution in [3.05, 3.63) is 35.1 Å². The van der Waals surface area contributed by atoms with E-state index in [0.717, 1.165) is 0 Å². The summed E-state index contributed by atoms with van der Waals surface area (Å²) < 4.78 is 18.6. The minimum absolute atomic E-state index is 0.0522. The second kappa shape index (κ2) is 5.36. The lowest BCUT2D eigenvalue weighted by atomic mass is 10.0. The van der Waals surface area contributed by atoms with E-state index in [1.165, 1.54) is 12.1 Å². The number of aliphatic carboxylic acids is 1. The number of carbonyl (C=O) groups excluding carboxylic acids is 1. The quantitative estimate of drug-likeness (QED) is 0.855. The lowest BCUT2D eigenvalue weighted by molar-refractivity contribution is -0.142. The van der Waals surface area contributed by atoms with Crippen molar-refractivity contribution in [2.75, 3.05) is 13.2 Å². The van der Waals surface area contributed by atoms with Crippen molar-refractivity contribution < 1.29 is 23.8 Å². The second-order valence-electron chi connectivity index (χ2n) is 4.55. The smallest absolute Gasteiger partial charge is 0.311 e. The van der Waals surface area contributed by atoms with Gasteiger partial charge in [-0.05, 0) is 24.6 Å². The van der Waals surface area contributed by atoms with Crippen LogP contribution < -0.4 is 5.32 Å². The van der Waals surface area contributed by atoms with Crippen LogP contribution in [-0.4, -0.2) is 36.2 Å². The third kappa shape index (κ3) is 2.90. The summed E-state index contributed by atoms with van der Waals surface area (Å²) in [4.78, 5) is 22.8. The first-order valence-corrected chi connectivity index (χ1v) is 5.86. The Labute approximate surface area is 109 Å². The van der Waals surface area contributed by atoms with Gasteiger partial charge in [-0.15, -0.1) is 0 Å². The maximum atomic E-state index is 13.6. The van der Waals surface area contributed by atoms with Crippen LogP contribution in [0.25, 0.3) is 0 Å². The summed E-state index contributed by atoms with van der Waals surface area (Å²) in [6.07, 6.45) is 0. The van der Waals surface area contributed by atoms with Crippen LogP contribution in [0.4, 0.5) is 4.39 Å². The van der Waals surface area contributed by atoms with E-state index in [1.807, 2.05) is 0 Å². The lowest BCUT2D eigenvalue weighted by Crippen LogP contribution is -2.42. The predicted octanol–water partition coefficient (Wildman–Crippen LogP) is 0.964. The molecule has 1 saturated heterocycles. The molecule has 2 rings (SSSR count). The van der Waals surface area contributed by atoms with E-state index in [0.29, 0.717) is 5.56 Å². The Kier molecular flexibility index (Phi) is 3.80. The van der Waals surface area contributed by atoms with Crippen molar-refractivity contribution in [3.63, 3.8) is 0 Å². The van der Waals surface area contributed by atoms with Gasteiger partial charge in [-0.2, -0.15) is 0 Å². The van der Waals surface area contributed by atoms with Gasteiger partial charge in [0.1, 0.15) is 11.7 Å². The van der Waals surface area contributed by atoms with Gasteiger partial charge in [-0.1, -0.05) is 6.07 Å². The van der Waals surface area contributed by atoms with Crippen molar-refractivity contribution in [2.45, 2.75) is 13.0 Å². The number of ether oxygens (including phenoxy) is 1. The summed E-state index contributed by atoms with van der Waals surface area (Å²) in [5, 5.41) is 11.5. The van der Waals surface area contributed by atoms with Crippen LogP contribution in [0.5, 0.6) is 0 Å². The number of rotatable bonds is 3. The fraction of sp³-hybridized carbons (Fsp3) is 0.385. The number of hydrogen-bond donors (Lipinski definition) is 2. The van der Waals surface area contributed by atoms with Crippen molar-refractivity contribution in [1.29, 1.82) is 0 Å². The average Bonchev–Trinajstić information content (AvgIpc) is 2.76. The van der Waals surface area contributed by atoms with Crippen LogP contribution in [0.1, 0.15) is 15.9 Å². The third-order valence-electron chi connectivity index (χ3n) is 3.08. The Hall–Kier alpha value is -1.95. The summed E-state index contributed by atoms with van der Waals surface area (Å²) in [6, 6.07) is 3.63. The Morgan fingerprint density at radius 2 is 2.16 bits per heavy atom. The van der Waals surface area contributed by atoms with E-state index in [2.05, 4.69) is 5.32 Å².